The predicted octanol–water partition coefficient (Wildman–Crippen LogP) is 7.37. The van der Waals surface area contributed by atoms with Gasteiger partial charge in [-0.1, -0.05) is 66.1 Å². The Kier molecular flexibility index (Phi) is 16.3. The van der Waals surface area contributed by atoms with E-state index in [1.807, 2.05) is 52.8 Å². The van der Waals surface area contributed by atoms with Crippen molar-refractivity contribution in [2.75, 3.05) is 20.1 Å². The number of piperidine rings is 1. The maximum absolute atomic E-state index is 12.8. The van der Waals surface area contributed by atoms with Gasteiger partial charge in [0.15, 0.2) is 5.84 Å². The third-order valence-electron chi connectivity index (χ3n) is 5.63. The van der Waals surface area contributed by atoms with Gasteiger partial charge in [0.2, 0.25) is 0 Å². The molecule has 1 aromatic heterocycles. The smallest absolute Gasteiger partial charge is 0.253 e. The number of pyridine rings is 1. The highest BCUT2D eigenvalue weighted by atomic mass is 35.5. The molecule has 1 aromatic carbocycles. The molecule has 3 rings (SSSR count). The second kappa shape index (κ2) is 17.6. The van der Waals surface area contributed by atoms with Crippen LogP contribution in [0.5, 0.6) is 0 Å². The number of aromatic nitrogens is 1. The fraction of sp³-hybridized carbons (Fsp3) is 0.484. The van der Waals surface area contributed by atoms with Gasteiger partial charge in [0.05, 0.1) is 11.1 Å². The van der Waals surface area contributed by atoms with Crippen LogP contribution >= 0.6 is 11.6 Å². The molecule has 1 fully saturated rings. The fourth-order valence-corrected chi connectivity index (χ4v) is 3.95. The average molecular weight is 543 g/mol. The van der Waals surface area contributed by atoms with E-state index < -0.39 is 0 Å². The predicted molar refractivity (Wildman–Crippen MR) is 164 cm³/mol. The fourth-order valence-electron chi connectivity index (χ4n) is 3.64. The molecule has 1 aliphatic heterocycles. The molecule has 7 heteroatoms. The number of aliphatic hydroxyl groups is 1. The lowest BCUT2D eigenvalue weighted by Crippen LogP contribution is -2.40. The first-order valence-corrected chi connectivity index (χ1v) is 13.7. The van der Waals surface area contributed by atoms with Crippen molar-refractivity contribution in [3.63, 3.8) is 0 Å². The molecule has 0 spiro atoms. The van der Waals surface area contributed by atoms with Gasteiger partial charge in [0.25, 0.3) is 5.91 Å². The second-order valence-electron chi connectivity index (χ2n) is 9.14. The van der Waals surface area contributed by atoms with E-state index in [2.05, 4.69) is 43.9 Å². The molecular formula is C31H47ClN4O2. The zero-order chi connectivity index (χ0) is 29.5. The number of benzene rings is 1. The highest BCUT2D eigenvalue weighted by Crippen LogP contribution is 2.23. The van der Waals surface area contributed by atoms with E-state index in [4.69, 9.17) is 16.6 Å². The topological polar surface area (TPSA) is 78.2 Å². The van der Waals surface area contributed by atoms with Crippen LogP contribution in [0.4, 0.5) is 0 Å². The van der Waals surface area contributed by atoms with Crippen LogP contribution in [0, 0.1) is 0 Å². The molecule has 0 radical (unpaired) electrons. The minimum absolute atomic E-state index is 0.0674. The van der Waals surface area contributed by atoms with Crippen LogP contribution in [0.2, 0.25) is 5.02 Å². The molecule has 0 aliphatic carbocycles. The molecule has 2 aromatic rings. The molecule has 0 bridgehead atoms. The van der Waals surface area contributed by atoms with Crippen LogP contribution in [-0.2, 0) is 5.41 Å². The van der Waals surface area contributed by atoms with Crippen molar-refractivity contribution in [1.82, 2.24) is 9.88 Å². The molecule has 0 unspecified atom stereocenters. The molecular weight excluding hydrogens is 496 g/mol. The number of aliphatic imine (C=N–C) groups is 2. The van der Waals surface area contributed by atoms with E-state index in [0.29, 0.717) is 48.1 Å². The van der Waals surface area contributed by atoms with E-state index in [9.17, 15) is 9.90 Å². The van der Waals surface area contributed by atoms with Crippen molar-refractivity contribution in [3.8, 4) is 0 Å². The third kappa shape index (κ3) is 10.1. The zero-order valence-electron chi connectivity index (χ0n) is 24.8. The van der Waals surface area contributed by atoms with Gasteiger partial charge in [-0.05, 0) is 44.0 Å². The Labute approximate surface area is 235 Å². The number of aliphatic hydroxyl groups excluding tert-OH is 1. The normalized spacial score (nSPS) is 14.2. The van der Waals surface area contributed by atoms with Crippen molar-refractivity contribution in [3.05, 3.63) is 77.1 Å². The first-order chi connectivity index (χ1) is 18.1. The highest BCUT2D eigenvalue weighted by molar-refractivity contribution is 6.35. The van der Waals surface area contributed by atoms with Gasteiger partial charge in [-0.15, -0.1) is 13.2 Å². The van der Waals surface area contributed by atoms with Crippen molar-refractivity contribution >= 4 is 29.1 Å². The third-order valence-corrected chi connectivity index (χ3v) is 5.94. The molecule has 0 atom stereocenters. The van der Waals surface area contributed by atoms with E-state index in [1.165, 1.54) is 0 Å². The van der Waals surface area contributed by atoms with Gasteiger partial charge in [-0.2, -0.15) is 0 Å². The Morgan fingerprint density at radius 3 is 2.13 bits per heavy atom. The Bertz CT molecular complexity index is 1070. The summed E-state index contributed by atoms with van der Waals surface area (Å²) in [5, 5.41) is 10.1. The van der Waals surface area contributed by atoms with Gasteiger partial charge < -0.3 is 10.0 Å². The molecule has 1 N–H and O–H groups in total. The summed E-state index contributed by atoms with van der Waals surface area (Å²) in [7, 11) is 1.71. The maximum atomic E-state index is 12.8. The summed E-state index contributed by atoms with van der Waals surface area (Å²) in [6.07, 6.45) is 2.67. The SMILES string of the molecule is C=C.CC.CC.CN=C(N=C(C)c1ccc(C(=O)N2CCC(O)CC2)cc1Cl)c1ccnc(C(C)(C)C)c1. The first-order valence-electron chi connectivity index (χ1n) is 13.4. The quantitative estimate of drug-likeness (QED) is 0.250. The Hall–Kier alpha value is -2.83. The second-order valence-corrected chi connectivity index (χ2v) is 9.55. The van der Waals surface area contributed by atoms with Crippen LogP contribution in [0.1, 0.15) is 95.4 Å². The van der Waals surface area contributed by atoms with Gasteiger partial charge in [-0.25, -0.2) is 4.99 Å². The molecule has 6 nitrogen and oxygen atoms in total. The maximum Gasteiger partial charge on any atom is 0.253 e. The summed E-state index contributed by atoms with van der Waals surface area (Å²) in [5.41, 5.74) is 3.79. The molecule has 1 amide bonds. The lowest BCUT2D eigenvalue weighted by atomic mass is 9.91. The molecule has 210 valence electrons. The van der Waals surface area contributed by atoms with Crippen LogP contribution < -0.4 is 0 Å². The number of carbonyl (C=O) groups excluding carboxylic acids is 1. The van der Waals surface area contributed by atoms with Crippen LogP contribution in [-0.4, -0.2) is 58.7 Å². The summed E-state index contributed by atoms with van der Waals surface area (Å²) in [6, 6.07) is 9.20. The lowest BCUT2D eigenvalue weighted by Gasteiger charge is -2.29. The Balaban J connectivity index is 0.00000213. The van der Waals surface area contributed by atoms with E-state index in [-0.39, 0.29) is 17.4 Å². The monoisotopic (exact) mass is 542 g/mol. The minimum Gasteiger partial charge on any atom is -0.393 e. The molecule has 38 heavy (non-hydrogen) atoms. The minimum atomic E-state index is -0.321. The number of carbonyl (C=O) groups is 1. The largest absolute Gasteiger partial charge is 0.393 e. The van der Waals surface area contributed by atoms with E-state index in [0.717, 1.165) is 16.8 Å². The lowest BCUT2D eigenvalue weighted by molar-refractivity contribution is 0.0546. The molecule has 1 aliphatic rings. The summed E-state index contributed by atoms with van der Waals surface area (Å²) in [5.74, 6) is 0.528. The van der Waals surface area contributed by atoms with Crippen molar-refractivity contribution in [2.24, 2.45) is 9.98 Å². The summed E-state index contributed by atoms with van der Waals surface area (Å²) >= 11 is 6.55. The number of rotatable bonds is 3. The van der Waals surface area contributed by atoms with Gasteiger partial charge in [0, 0.05) is 59.8 Å². The van der Waals surface area contributed by atoms with Crippen molar-refractivity contribution in [2.45, 2.75) is 79.8 Å². The molecule has 1 saturated heterocycles. The highest BCUT2D eigenvalue weighted by Gasteiger charge is 2.23. The number of hydrogen-bond acceptors (Lipinski definition) is 4. The number of nitrogens with zero attached hydrogens (tertiary/aromatic N) is 4. The van der Waals surface area contributed by atoms with E-state index >= 15 is 0 Å². The molecule has 0 saturated carbocycles. The van der Waals surface area contributed by atoms with Gasteiger partial charge >= 0.3 is 0 Å². The van der Waals surface area contributed by atoms with Crippen LogP contribution in [0.15, 0.2) is 59.7 Å². The number of amidine groups is 1. The number of hydrogen-bond donors (Lipinski definition) is 1. The summed E-state index contributed by atoms with van der Waals surface area (Å²) in [6.45, 7) is 23.3. The zero-order valence-corrected chi connectivity index (χ0v) is 25.6. The average Bonchev–Trinajstić information content (AvgIpc) is 2.94. The number of halogens is 1. The standard InChI is InChI=1S/C25H31ClN4O2.2C2H6.C2H4/c1-16(29-23(27-5)17-8-11-28-22(15-17)25(2,3)4)20-7-6-18(14-21(20)26)24(32)30-12-9-19(31)10-13-30;3*1-2/h6-8,11,14-15,19,31H,9-10,12-13H2,1-5H3;2*1-2H3;1-2H2. The van der Waals surface area contributed by atoms with Gasteiger partial charge in [-0.3, -0.25) is 14.8 Å². The summed E-state index contributed by atoms with van der Waals surface area (Å²) in [4.78, 5) is 28.1. The Morgan fingerprint density at radius 2 is 1.63 bits per heavy atom. The van der Waals surface area contributed by atoms with Crippen molar-refractivity contribution in [1.29, 1.82) is 0 Å². The van der Waals surface area contributed by atoms with Crippen molar-refractivity contribution < 1.29 is 9.90 Å². The number of amides is 1. The first kappa shape index (κ1) is 35.2. The van der Waals surface area contributed by atoms with E-state index in [1.54, 1.807) is 30.3 Å². The van der Waals surface area contributed by atoms with Crippen LogP contribution in [0.25, 0.3) is 0 Å². The van der Waals surface area contributed by atoms with Gasteiger partial charge in [0.1, 0.15) is 0 Å². The number of likely N-dealkylation sites (tertiary alicyclic amines) is 1. The molecule has 2 heterocycles. The summed E-state index contributed by atoms with van der Waals surface area (Å²) < 4.78 is 0. The Morgan fingerprint density at radius 1 is 1.05 bits per heavy atom. The van der Waals surface area contributed by atoms with Crippen LogP contribution in [0.3, 0.4) is 0 Å².